The number of carbonyl (C=O) groups is 2. The van der Waals surface area contributed by atoms with Crippen LogP contribution in [0.5, 0.6) is 23.0 Å². The molecule has 3 aromatic carbocycles. The number of fused-ring (bicyclic) bond motifs is 2. The third-order valence-corrected chi connectivity index (χ3v) is 8.36. The van der Waals surface area contributed by atoms with Gasteiger partial charge in [-0.2, -0.15) is 0 Å². The van der Waals surface area contributed by atoms with Gasteiger partial charge >= 0.3 is 5.91 Å². The monoisotopic (exact) mass is 598 g/mol. The summed E-state index contributed by atoms with van der Waals surface area (Å²) >= 11 is 1.26. The number of aliphatic hydroxyl groups is 1. The molecule has 1 aromatic heterocycles. The molecule has 2 atom stereocenters. The number of aliphatic hydroxyl groups excluding tert-OH is 1. The molecule has 1 N–H and O–H groups in total. The van der Waals surface area contributed by atoms with E-state index >= 15 is 0 Å². The molecule has 2 aliphatic heterocycles. The van der Waals surface area contributed by atoms with Crippen LogP contribution in [-0.2, 0) is 16.0 Å². The van der Waals surface area contributed by atoms with Crippen LogP contribution in [0.25, 0.3) is 16.0 Å². The van der Waals surface area contributed by atoms with E-state index in [4.69, 9.17) is 23.9 Å². The SMILES string of the molecule is C=CCOc1ccc([C@H]2/C(=C(\O)c3ccc4c(c3)C[C@H](C)O4)C(=O)C(=O)N2c2nc3ccc(OC)cc3s2)cc1OCC. The van der Waals surface area contributed by atoms with Gasteiger partial charge < -0.3 is 24.1 Å². The highest BCUT2D eigenvalue weighted by atomic mass is 32.1. The maximum Gasteiger partial charge on any atom is 0.301 e. The Hall–Kier alpha value is -4.83. The average Bonchev–Trinajstić information content (AvgIpc) is 3.67. The summed E-state index contributed by atoms with van der Waals surface area (Å²) < 4.78 is 23.6. The number of Topliss-reactive ketones (excluding diaryl/α,β-unsaturated/α-hetero) is 1. The van der Waals surface area contributed by atoms with Crippen LogP contribution < -0.4 is 23.8 Å². The Morgan fingerprint density at radius 1 is 1.14 bits per heavy atom. The standard InChI is InChI=1S/C33H30N2O7S/c1-5-13-41-25-12-7-19(16-26(25)40-6-2)29-28(30(36)20-8-11-24-21(15-20)14-18(3)42-24)31(37)32(38)35(29)33-34-23-10-9-22(39-4)17-27(23)43-33/h5,7-12,15-18,29,36H,1,6,13-14H2,2-4H3/b30-28+/t18-,29-/m0/s1. The van der Waals surface area contributed by atoms with Gasteiger partial charge in [0, 0.05) is 12.0 Å². The lowest BCUT2D eigenvalue weighted by molar-refractivity contribution is -0.132. The first-order valence-corrected chi connectivity index (χ1v) is 14.7. The number of hydrogen-bond donors (Lipinski definition) is 1. The first kappa shape index (κ1) is 28.3. The number of aromatic nitrogens is 1. The quantitative estimate of drug-likeness (QED) is 0.105. The third-order valence-electron chi connectivity index (χ3n) is 7.34. The third kappa shape index (κ3) is 5.08. The Morgan fingerprint density at radius 3 is 2.74 bits per heavy atom. The second kappa shape index (κ2) is 11.4. The lowest BCUT2D eigenvalue weighted by Crippen LogP contribution is -2.29. The maximum atomic E-state index is 13.8. The number of hydrogen-bond acceptors (Lipinski definition) is 9. The van der Waals surface area contributed by atoms with E-state index in [1.807, 2.05) is 19.9 Å². The Kier molecular flexibility index (Phi) is 7.53. The van der Waals surface area contributed by atoms with Crippen LogP contribution in [0.15, 0.2) is 72.8 Å². The molecule has 0 radical (unpaired) electrons. The number of methoxy groups -OCH3 is 1. The van der Waals surface area contributed by atoms with Crippen LogP contribution in [0, 0.1) is 0 Å². The maximum absolute atomic E-state index is 13.8. The number of thiazole rings is 1. The molecule has 43 heavy (non-hydrogen) atoms. The molecular weight excluding hydrogens is 568 g/mol. The fraction of sp³-hybridized carbons (Fsp3) is 0.242. The van der Waals surface area contributed by atoms with Gasteiger partial charge in [-0.25, -0.2) is 4.98 Å². The van der Waals surface area contributed by atoms with E-state index in [2.05, 4.69) is 6.58 Å². The lowest BCUT2D eigenvalue weighted by atomic mass is 9.94. The minimum Gasteiger partial charge on any atom is -0.507 e. The van der Waals surface area contributed by atoms with Gasteiger partial charge in [-0.15, -0.1) is 0 Å². The zero-order valence-electron chi connectivity index (χ0n) is 24.0. The number of amides is 1. The summed E-state index contributed by atoms with van der Waals surface area (Å²) in [5, 5.41) is 12.0. The molecule has 3 heterocycles. The van der Waals surface area contributed by atoms with E-state index in [9.17, 15) is 14.7 Å². The van der Waals surface area contributed by atoms with Gasteiger partial charge in [-0.05, 0) is 73.5 Å². The minimum absolute atomic E-state index is 0.00875. The molecule has 1 amide bonds. The predicted molar refractivity (Wildman–Crippen MR) is 164 cm³/mol. The first-order valence-electron chi connectivity index (χ1n) is 13.9. The molecule has 10 heteroatoms. The molecule has 220 valence electrons. The van der Waals surface area contributed by atoms with E-state index in [0.29, 0.717) is 52.1 Å². The van der Waals surface area contributed by atoms with Crippen LogP contribution >= 0.6 is 11.3 Å². The molecule has 1 saturated heterocycles. The molecule has 0 aliphatic carbocycles. The van der Waals surface area contributed by atoms with E-state index < -0.39 is 17.7 Å². The zero-order valence-corrected chi connectivity index (χ0v) is 24.8. The van der Waals surface area contributed by atoms with Crippen molar-refractivity contribution in [3.63, 3.8) is 0 Å². The number of nitrogens with zero attached hydrogens (tertiary/aromatic N) is 2. The van der Waals surface area contributed by atoms with Crippen LogP contribution in [0.2, 0.25) is 0 Å². The Bertz CT molecular complexity index is 1790. The largest absolute Gasteiger partial charge is 0.507 e. The summed E-state index contributed by atoms with van der Waals surface area (Å²) in [6.45, 7) is 8.16. The Labute approximate surface area is 252 Å². The zero-order chi connectivity index (χ0) is 30.2. The number of ether oxygens (including phenoxy) is 4. The lowest BCUT2D eigenvalue weighted by Gasteiger charge is -2.24. The van der Waals surface area contributed by atoms with Crippen molar-refractivity contribution >= 4 is 44.1 Å². The fourth-order valence-corrected chi connectivity index (χ4v) is 6.44. The Morgan fingerprint density at radius 2 is 1.98 bits per heavy atom. The Balaban J connectivity index is 1.53. The number of carbonyl (C=O) groups excluding carboxylic acids is 2. The first-order chi connectivity index (χ1) is 20.8. The van der Waals surface area contributed by atoms with Crippen molar-refractivity contribution in [2.45, 2.75) is 32.4 Å². The van der Waals surface area contributed by atoms with Crippen molar-refractivity contribution < 1.29 is 33.6 Å². The van der Waals surface area contributed by atoms with Crippen LogP contribution in [0.4, 0.5) is 5.13 Å². The van der Waals surface area contributed by atoms with Crippen LogP contribution in [-0.4, -0.2) is 48.2 Å². The second-order valence-corrected chi connectivity index (χ2v) is 11.2. The highest BCUT2D eigenvalue weighted by molar-refractivity contribution is 7.22. The van der Waals surface area contributed by atoms with Gasteiger partial charge in [0.2, 0.25) is 0 Å². The minimum atomic E-state index is -0.987. The molecule has 4 aromatic rings. The molecule has 2 aliphatic rings. The van der Waals surface area contributed by atoms with Crippen molar-refractivity contribution in [1.82, 2.24) is 4.98 Å². The highest BCUT2D eigenvalue weighted by Gasteiger charge is 2.48. The number of ketones is 1. The summed E-state index contributed by atoms with van der Waals surface area (Å²) in [5.74, 6) is 0.429. The van der Waals surface area contributed by atoms with Gasteiger partial charge in [0.1, 0.15) is 30.0 Å². The summed E-state index contributed by atoms with van der Waals surface area (Å²) in [7, 11) is 1.58. The summed E-state index contributed by atoms with van der Waals surface area (Å²) in [6.07, 6.45) is 2.31. The van der Waals surface area contributed by atoms with Crippen LogP contribution in [0.1, 0.15) is 36.6 Å². The average molecular weight is 599 g/mol. The van der Waals surface area contributed by atoms with Crippen molar-refractivity contribution in [3.05, 3.63) is 89.5 Å². The molecule has 0 unspecified atom stereocenters. The van der Waals surface area contributed by atoms with Gasteiger partial charge in [0.15, 0.2) is 16.6 Å². The normalized spacial score (nSPS) is 18.9. The number of benzene rings is 3. The van der Waals surface area contributed by atoms with E-state index in [1.165, 1.54) is 16.2 Å². The molecular formula is C33H30N2O7S. The topological polar surface area (TPSA) is 107 Å². The highest BCUT2D eigenvalue weighted by Crippen LogP contribution is 2.46. The molecule has 0 bridgehead atoms. The predicted octanol–water partition coefficient (Wildman–Crippen LogP) is 6.22. The van der Waals surface area contributed by atoms with Crippen molar-refractivity contribution in [1.29, 1.82) is 0 Å². The van der Waals surface area contributed by atoms with Gasteiger partial charge in [0.05, 0.1) is 35.5 Å². The van der Waals surface area contributed by atoms with Gasteiger partial charge in [0.25, 0.3) is 5.78 Å². The molecule has 0 saturated carbocycles. The molecule has 0 spiro atoms. The number of anilines is 1. The molecule has 9 nitrogen and oxygen atoms in total. The van der Waals surface area contributed by atoms with Gasteiger partial charge in [-0.3, -0.25) is 14.5 Å². The fourth-order valence-electron chi connectivity index (χ4n) is 5.42. The molecule has 6 rings (SSSR count). The van der Waals surface area contributed by atoms with Crippen molar-refractivity contribution in [3.8, 4) is 23.0 Å². The summed E-state index contributed by atoms with van der Waals surface area (Å²) in [5.41, 5.74) is 2.49. The smallest absolute Gasteiger partial charge is 0.301 e. The van der Waals surface area contributed by atoms with Crippen LogP contribution in [0.3, 0.4) is 0 Å². The second-order valence-electron chi connectivity index (χ2n) is 10.2. The molecule has 1 fully saturated rings. The summed E-state index contributed by atoms with van der Waals surface area (Å²) in [4.78, 5) is 33.6. The summed E-state index contributed by atoms with van der Waals surface area (Å²) in [6, 6.07) is 14.9. The van der Waals surface area contributed by atoms with Crippen molar-refractivity contribution in [2.24, 2.45) is 0 Å². The van der Waals surface area contributed by atoms with Crippen molar-refractivity contribution in [2.75, 3.05) is 25.2 Å². The van der Waals surface area contributed by atoms with Gasteiger partial charge in [-0.1, -0.05) is 30.1 Å². The van der Waals surface area contributed by atoms with E-state index in [1.54, 1.807) is 61.7 Å². The van der Waals surface area contributed by atoms with E-state index in [0.717, 1.165) is 16.0 Å². The number of rotatable bonds is 9. The van der Waals surface area contributed by atoms with E-state index in [-0.39, 0.29) is 24.0 Å².